The predicted molar refractivity (Wildman–Crippen MR) is 52.3 cm³/mol. The van der Waals surface area contributed by atoms with Crippen molar-refractivity contribution in [1.29, 1.82) is 0 Å². The second-order valence-corrected chi connectivity index (χ2v) is 3.18. The lowest BCUT2D eigenvalue weighted by molar-refractivity contribution is 0.163. The molecular formula is C9H13F2N3O. The molecule has 4 nitrogen and oxygen atoms in total. The van der Waals surface area contributed by atoms with E-state index in [1.165, 1.54) is 12.4 Å². The van der Waals surface area contributed by atoms with E-state index in [4.69, 9.17) is 4.74 Å². The molecule has 0 spiro atoms. The van der Waals surface area contributed by atoms with Gasteiger partial charge in [0, 0.05) is 0 Å². The summed E-state index contributed by atoms with van der Waals surface area (Å²) in [4.78, 5) is 7.78. The van der Waals surface area contributed by atoms with Crippen molar-refractivity contribution in [3.8, 4) is 5.88 Å². The Balaban J connectivity index is 2.57. The Morgan fingerprint density at radius 2 is 2.13 bits per heavy atom. The van der Waals surface area contributed by atoms with Crippen LogP contribution in [0.1, 0.15) is 13.8 Å². The van der Waals surface area contributed by atoms with Crippen molar-refractivity contribution >= 4 is 5.82 Å². The van der Waals surface area contributed by atoms with Crippen LogP contribution < -0.4 is 10.1 Å². The lowest BCUT2D eigenvalue weighted by Gasteiger charge is -2.09. The van der Waals surface area contributed by atoms with Gasteiger partial charge in [-0.2, -0.15) is 4.98 Å². The minimum Gasteiger partial charge on any atom is -0.474 e. The van der Waals surface area contributed by atoms with Gasteiger partial charge in [-0.1, -0.05) is 0 Å². The first-order valence-electron chi connectivity index (χ1n) is 4.58. The number of nitrogens with zero attached hydrogens (tertiary/aromatic N) is 2. The molecule has 1 aromatic heterocycles. The summed E-state index contributed by atoms with van der Waals surface area (Å²) in [5.74, 6) is 0.609. The summed E-state index contributed by atoms with van der Waals surface area (Å²) < 4.78 is 29.0. The van der Waals surface area contributed by atoms with E-state index in [1.807, 2.05) is 13.8 Å². The number of alkyl halides is 2. The molecule has 15 heavy (non-hydrogen) atoms. The smallest absolute Gasteiger partial charge is 0.255 e. The zero-order valence-electron chi connectivity index (χ0n) is 8.58. The van der Waals surface area contributed by atoms with E-state index in [9.17, 15) is 8.78 Å². The van der Waals surface area contributed by atoms with Crippen molar-refractivity contribution in [2.75, 3.05) is 11.9 Å². The summed E-state index contributed by atoms with van der Waals surface area (Å²) in [6.07, 6.45) is 0.370. The minimum absolute atomic E-state index is 0.0235. The van der Waals surface area contributed by atoms with Crippen molar-refractivity contribution in [2.45, 2.75) is 26.4 Å². The molecule has 0 radical (unpaired) electrons. The summed E-state index contributed by atoms with van der Waals surface area (Å²) in [6, 6.07) is 0. The van der Waals surface area contributed by atoms with Crippen molar-refractivity contribution in [3.63, 3.8) is 0 Å². The number of aromatic nitrogens is 2. The largest absolute Gasteiger partial charge is 0.474 e. The zero-order valence-corrected chi connectivity index (χ0v) is 8.58. The summed E-state index contributed by atoms with van der Waals surface area (Å²) in [5, 5.41) is 2.45. The molecule has 1 N–H and O–H groups in total. The summed E-state index contributed by atoms with van der Waals surface area (Å²) in [5.41, 5.74) is 0. The maximum absolute atomic E-state index is 11.9. The van der Waals surface area contributed by atoms with Crippen molar-refractivity contribution < 1.29 is 13.5 Å². The number of hydrogen-bond donors (Lipinski definition) is 1. The fourth-order valence-electron chi connectivity index (χ4n) is 0.913. The van der Waals surface area contributed by atoms with E-state index >= 15 is 0 Å². The monoisotopic (exact) mass is 217 g/mol. The summed E-state index contributed by atoms with van der Waals surface area (Å²) in [6.45, 7) is 3.25. The van der Waals surface area contributed by atoms with Gasteiger partial charge >= 0.3 is 0 Å². The SMILES string of the molecule is CC(C)Oc1cncc(NCC(F)F)n1. The predicted octanol–water partition coefficient (Wildman–Crippen LogP) is 1.94. The van der Waals surface area contributed by atoms with E-state index in [2.05, 4.69) is 15.3 Å². The number of ether oxygens (including phenoxy) is 1. The molecule has 0 saturated carbocycles. The third-order valence-corrected chi connectivity index (χ3v) is 1.41. The van der Waals surface area contributed by atoms with E-state index in [0.717, 1.165) is 0 Å². The number of halogens is 2. The van der Waals surface area contributed by atoms with E-state index in [-0.39, 0.29) is 11.9 Å². The maximum Gasteiger partial charge on any atom is 0.255 e. The highest BCUT2D eigenvalue weighted by Crippen LogP contribution is 2.10. The van der Waals surface area contributed by atoms with Gasteiger partial charge in [0.25, 0.3) is 6.43 Å². The number of nitrogens with one attached hydrogen (secondary N) is 1. The molecule has 1 aromatic rings. The van der Waals surface area contributed by atoms with Crippen LogP contribution >= 0.6 is 0 Å². The lowest BCUT2D eigenvalue weighted by Crippen LogP contribution is -2.13. The fraction of sp³-hybridized carbons (Fsp3) is 0.556. The Hall–Kier alpha value is -1.46. The van der Waals surface area contributed by atoms with Crippen LogP contribution in [0.3, 0.4) is 0 Å². The quantitative estimate of drug-likeness (QED) is 0.818. The molecular weight excluding hydrogens is 204 g/mol. The first kappa shape index (κ1) is 11.6. The van der Waals surface area contributed by atoms with Crippen molar-refractivity contribution in [1.82, 2.24) is 9.97 Å². The van der Waals surface area contributed by atoms with Gasteiger partial charge in [0.1, 0.15) is 5.82 Å². The van der Waals surface area contributed by atoms with Crippen LogP contribution in [0.25, 0.3) is 0 Å². The Kier molecular flexibility index (Phi) is 4.20. The van der Waals surface area contributed by atoms with Crippen molar-refractivity contribution in [2.24, 2.45) is 0 Å². The maximum atomic E-state index is 11.9. The van der Waals surface area contributed by atoms with Gasteiger partial charge in [0.05, 0.1) is 25.0 Å². The molecule has 0 aliphatic carbocycles. The van der Waals surface area contributed by atoms with Gasteiger partial charge in [0.2, 0.25) is 5.88 Å². The molecule has 0 saturated heterocycles. The van der Waals surface area contributed by atoms with Gasteiger partial charge in [-0.15, -0.1) is 0 Å². The van der Waals surface area contributed by atoms with Crippen LogP contribution in [0, 0.1) is 0 Å². The highest BCUT2D eigenvalue weighted by atomic mass is 19.3. The van der Waals surface area contributed by atoms with E-state index in [1.54, 1.807) is 0 Å². The first-order chi connectivity index (χ1) is 7.08. The Morgan fingerprint density at radius 3 is 2.73 bits per heavy atom. The Bertz CT molecular complexity index is 307. The van der Waals surface area contributed by atoms with Crippen molar-refractivity contribution in [3.05, 3.63) is 12.4 Å². The zero-order chi connectivity index (χ0) is 11.3. The van der Waals surface area contributed by atoms with Gasteiger partial charge in [-0.25, -0.2) is 8.78 Å². The van der Waals surface area contributed by atoms with Crippen LogP contribution in [-0.4, -0.2) is 29.0 Å². The van der Waals surface area contributed by atoms with E-state index < -0.39 is 13.0 Å². The second-order valence-electron chi connectivity index (χ2n) is 3.18. The van der Waals surface area contributed by atoms with Gasteiger partial charge < -0.3 is 10.1 Å². The van der Waals surface area contributed by atoms with Crippen LogP contribution in [0.2, 0.25) is 0 Å². The molecule has 6 heteroatoms. The topological polar surface area (TPSA) is 47.0 Å². The van der Waals surface area contributed by atoms with Gasteiger partial charge in [-0.05, 0) is 13.8 Å². The fourth-order valence-corrected chi connectivity index (χ4v) is 0.913. The number of anilines is 1. The first-order valence-corrected chi connectivity index (χ1v) is 4.58. The molecule has 0 unspecified atom stereocenters. The Morgan fingerprint density at radius 1 is 1.40 bits per heavy atom. The van der Waals surface area contributed by atoms with Gasteiger partial charge in [-0.3, -0.25) is 4.98 Å². The number of rotatable bonds is 5. The molecule has 0 aromatic carbocycles. The normalized spacial score (nSPS) is 10.8. The second kappa shape index (κ2) is 5.43. The molecule has 1 heterocycles. The highest BCUT2D eigenvalue weighted by molar-refractivity contribution is 5.33. The average Bonchev–Trinajstić information content (AvgIpc) is 2.14. The Labute approximate surface area is 86.7 Å². The summed E-state index contributed by atoms with van der Waals surface area (Å²) >= 11 is 0. The molecule has 0 amide bonds. The van der Waals surface area contributed by atoms with Crippen LogP contribution in [0.15, 0.2) is 12.4 Å². The molecule has 84 valence electrons. The molecule has 0 aliphatic heterocycles. The molecule has 0 atom stereocenters. The molecule has 0 fully saturated rings. The standard InChI is InChI=1S/C9H13F2N3O/c1-6(2)15-9-5-12-4-8(14-9)13-3-7(10)11/h4-7H,3H2,1-2H3,(H,13,14). The van der Waals surface area contributed by atoms with Crippen LogP contribution in [0.5, 0.6) is 5.88 Å². The number of hydrogen-bond acceptors (Lipinski definition) is 4. The molecule has 0 bridgehead atoms. The summed E-state index contributed by atoms with van der Waals surface area (Å²) in [7, 11) is 0. The van der Waals surface area contributed by atoms with Gasteiger partial charge in [0.15, 0.2) is 0 Å². The van der Waals surface area contributed by atoms with Crippen LogP contribution in [0.4, 0.5) is 14.6 Å². The average molecular weight is 217 g/mol. The highest BCUT2D eigenvalue weighted by Gasteiger charge is 2.04. The minimum atomic E-state index is -2.42. The third-order valence-electron chi connectivity index (χ3n) is 1.41. The van der Waals surface area contributed by atoms with E-state index in [0.29, 0.717) is 5.88 Å². The molecule has 1 rings (SSSR count). The van der Waals surface area contributed by atoms with Crippen LogP contribution in [-0.2, 0) is 0 Å². The molecule has 0 aliphatic rings. The lowest BCUT2D eigenvalue weighted by atomic mass is 10.5. The third kappa shape index (κ3) is 4.53.